The van der Waals surface area contributed by atoms with Crippen LogP contribution in [0.2, 0.25) is 0 Å². The highest BCUT2D eigenvalue weighted by atomic mass is 35.5. The van der Waals surface area contributed by atoms with Crippen molar-refractivity contribution in [1.29, 1.82) is 0 Å². The molecular formula is C8H9Cl2NS. The SMILES string of the molecule is C1=Cc2ccsc2C=CN1.Cl.Cl. The first kappa shape index (κ1) is 11.6. The summed E-state index contributed by atoms with van der Waals surface area (Å²) in [5, 5.41) is 5.13. The minimum Gasteiger partial charge on any atom is -0.368 e. The lowest BCUT2D eigenvalue weighted by Gasteiger charge is -1.84. The first-order valence-corrected chi connectivity index (χ1v) is 4.01. The molecule has 0 aliphatic carbocycles. The highest BCUT2D eigenvalue weighted by Crippen LogP contribution is 2.20. The summed E-state index contributed by atoms with van der Waals surface area (Å²) in [5.74, 6) is 0. The molecule has 0 radical (unpaired) electrons. The fraction of sp³-hybridized carbons (Fsp3) is 0. The summed E-state index contributed by atoms with van der Waals surface area (Å²) in [5.41, 5.74) is 1.30. The van der Waals surface area contributed by atoms with Crippen molar-refractivity contribution in [1.82, 2.24) is 5.32 Å². The molecule has 1 N–H and O–H groups in total. The van der Waals surface area contributed by atoms with E-state index in [1.165, 1.54) is 10.4 Å². The average Bonchev–Trinajstić information content (AvgIpc) is 2.28. The lowest BCUT2D eigenvalue weighted by Crippen LogP contribution is -1.87. The molecule has 2 rings (SSSR count). The number of hydrogen-bond donors (Lipinski definition) is 1. The average molecular weight is 222 g/mol. The van der Waals surface area contributed by atoms with Gasteiger partial charge in [0.1, 0.15) is 0 Å². The third kappa shape index (κ3) is 2.27. The van der Waals surface area contributed by atoms with Gasteiger partial charge in [-0.05, 0) is 29.2 Å². The minimum absolute atomic E-state index is 0. The van der Waals surface area contributed by atoms with Crippen LogP contribution < -0.4 is 5.32 Å². The fourth-order valence-electron chi connectivity index (χ4n) is 0.921. The summed E-state index contributed by atoms with van der Waals surface area (Å²) >= 11 is 1.76. The van der Waals surface area contributed by atoms with Gasteiger partial charge in [-0.1, -0.05) is 0 Å². The van der Waals surface area contributed by atoms with Crippen LogP contribution in [0.5, 0.6) is 0 Å². The van der Waals surface area contributed by atoms with E-state index in [-0.39, 0.29) is 24.8 Å². The van der Waals surface area contributed by atoms with Gasteiger partial charge in [0, 0.05) is 17.3 Å². The van der Waals surface area contributed by atoms with Gasteiger partial charge in [-0.15, -0.1) is 36.2 Å². The summed E-state index contributed by atoms with van der Waals surface area (Å²) in [6.07, 6.45) is 8.04. The van der Waals surface area contributed by atoms with Gasteiger partial charge in [0.05, 0.1) is 0 Å². The quantitative estimate of drug-likeness (QED) is 0.711. The first-order chi connectivity index (χ1) is 4.97. The molecule has 0 bridgehead atoms. The Hall–Kier alpha value is -0.440. The Labute approximate surface area is 88.0 Å². The maximum Gasteiger partial charge on any atom is 0.0357 e. The molecule has 2 heterocycles. The molecule has 1 aliphatic heterocycles. The zero-order valence-electron chi connectivity index (χ0n) is 6.19. The second kappa shape index (κ2) is 5.25. The van der Waals surface area contributed by atoms with E-state index in [1.807, 2.05) is 12.4 Å². The highest BCUT2D eigenvalue weighted by molar-refractivity contribution is 7.11. The molecule has 0 spiro atoms. The van der Waals surface area contributed by atoms with Gasteiger partial charge in [0.25, 0.3) is 0 Å². The maximum absolute atomic E-state index is 3.03. The fourth-order valence-corrected chi connectivity index (χ4v) is 1.70. The molecule has 1 aromatic rings. The summed E-state index contributed by atoms with van der Waals surface area (Å²) in [6.45, 7) is 0. The van der Waals surface area contributed by atoms with E-state index in [2.05, 4.69) is 28.9 Å². The predicted molar refractivity (Wildman–Crippen MR) is 60.0 cm³/mol. The van der Waals surface area contributed by atoms with Crippen molar-refractivity contribution >= 4 is 48.3 Å². The third-order valence-corrected chi connectivity index (χ3v) is 2.32. The highest BCUT2D eigenvalue weighted by Gasteiger charge is 1.97. The molecule has 0 saturated carbocycles. The van der Waals surface area contributed by atoms with E-state index >= 15 is 0 Å². The first-order valence-electron chi connectivity index (χ1n) is 3.13. The van der Waals surface area contributed by atoms with Crippen molar-refractivity contribution in [2.24, 2.45) is 0 Å². The van der Waals surface area contributed by atoms with Crippen molar-refractivity contribution in [2.75, 3.05) is 0 Å². The van der Waals surface area contributed by atoms with E-state index in [9.17, 15) is 0 Å². The molecule has 1 nitrogen and oxygen atoms in total. The number of halogens is 2. The number of hydrogen-bond acceptors (Lipinski definition) is 2. The summed E-state index contributed by atoms with van der Waals surface area (Å²) in [4.78, 5) is 1.32. The van der Waals surface area contributed by atoms with E-state index in [0.29, 0.717) is 0 Å². The number of thiophene rings is 1. The Bertz CT molecular complexity index is 265. The van der Waals surface area contributed by atoms with Crippen molar-refractivity contribution in [3.05, 3.63) is 34.3 Å². The molecule has 0 aromatic carbocycles. The Kier molecular flexibility index (Phi) is 5.06. The van der Waals surface area contributed by atoms with Crippen LogP contribution in [0.3, 0.4) is 0 Å². The van der Waals surface area contributed by atoms with E-state index in [0.717, 1.165) is 0 Å². The van der Waals surface area contributed by atoms with Crippen LogP contribution in [0.1, 0.15) is 10.4 Å². The van der Waals surface area contributed by atoms with Gasteiger partial charge in [-0.3, -0.25) is 0 Å². The van der Waals surface area contributed by atoms with Gasteiger partial charge >= 0.3 is 0 Å². The van der Waals surface area contributed by atoms with Gasteiger partial charge in [0.2, 0.25) is 0 Å². The van der Waals surface area contributed by atoms with Crippen LogP contribution in [0.4, 0.5) is 0 Å². The van der Waals surface area contributed by atoms with Crippen LogP contribution in [0.25, 0.3) is 12.2 Å². The van der Waals surface area contributed by atoms with Gasteiger partial charge < -0.3 is 5.32 Å². The number of rotatable bonds is 0. The monoisotopic (exact) mass is 221 g/mol. The van der Waals surface area contributed by atoms with Gasteiger partial charge in [-0.2, -0.15) is 0 Å². The molecular weight excluding hydrogens is 213 g/mol. The summed E-state index contributed by atoms with van der Waals surface area (Å²) in [6, 6.07) is 2.12. The Morgan fingerprint density at radius 1 is 1.08 bits per heavy atom. The topological polar surface area (TPSA) is 12.0 Å². The normalized spacial score (nSPS) is 11.7. The van der Waals surface area contributed by atoms with Crippen LogP contribution in [-0.2, 0) is 0 Å². The summed E-state index contributed by atoms with van der Waals surface area (Å²) in [7, 11) is 0. The second-order valence-electron chi connectivity index (χ2n) is 2.07. The Morgan fingerprint density at radius 3 is 2.67 bits per heavy atom. The third-order valence-electron chi connectivity index (χ3n) is 1.42. The number of fused-ring (bicyclic) bond motifs is 1. The van der Waals surface area contributed by atoms with E-state index < -0.39 is 0 Å². The van der Waals surface area contributed by atoms with Crippen molar-refractivity contribution < 1.29 is 0 Å². The lowest BCUT2D eigenvalue weighted by molar-refractivity contribution is 1.22. The molecule has 0 saturated heterocycles. The second-order valence-corrected chi connectivity index (χ2v) is 3.02. The number of nitrogens with one attached hydrogen (secondary N) is 1. The van der Waals surface area contributed by atoms with Crippen LogP contribution in [-0.4, -0.2) is 0 Å². The zero-order chi connectivity index (χ0) is 6.81. The zero-order valence-corrected chi connectivity index (χ0v) is 8.64. The van der Waals surface area contributed by atoms with Crippen molar-refractivity contribution in [3.8, 4) is 0 Å². The molecule has 4 heteroatoms. The maximum atomic E-state index is 3.03. The lowest BCUT2D eigenvalue weighted by atomic mass is 10.2. The van der Waals surface area contributed by atoms with Crippen molar-refractivity contribution in [3.63, 3.8) is 0 Å². The molecule has 12 heavy (non-hydrogen) atoms. The molecule has 0 atom stereocenters. The molecule has 1 aromatic heterocycles. The van der Waals surface area contributed by atoms with Crippen LogP contribution >= 0.6 is 36.2 Å². The largest absolute Gasteiger partial charge is 0.368 e. The molecule has 0 fully saturated rings. The Morgan fingerprint density at radius 2 is 1.83 bits per heavy atom. The molecule has 0 unspecified atom stereocenters. The van der Waals surface area contributed by atoms with E-state index in [4.69, 9.17) is 0 Å². The Balaban J connectivity index is 0.000000605. The van der Waals surface area contributed by atoms with Crippen LogP contribution in [0, 0.1) is 0 Å². The predicted octanol–water partition coefficient (Wildman–Crippen LogP) is 3.14. The van der Waals surface area contributed by atoms with Crippen molar-refractivity contribution in [2.45, 2.75) is 0 Å². The standard InChI is InChI=1S/C8H7NS.2ClH/c1-4-9-5-2-8-7(1)3-6-10-8;;/h1-6,9H;2*1H. The van der Waals surface area contributed by atoms with Gasteiger partial charge in [0.15, 0.2) is 0 Å². The van der Waals surface area contributed by atoms with Crippen LogP contribution in [0.15, 0.2) is 23.8 Å². The summed E-state index contributed by atoms with van der Waals surface area (Å²) < 4.78 is 0. The van der Waals surface area contributed by atoms with Gasteiger partial charge in [-0.25, -0.2) is 0 Å². The molecule has 66 valence electrons. The van der Waals surface area contributed by atoms with E-state index in [1.54, 1.807) is 11.3 Å². The molecule has 0 amide bonds. The minimum atomic E-state index is 0. The smallest absolute Gasteiger partial charge is 0.0357 e. The molecule has 1 aliphatic rings.